The highest BCUT2D eigenvalue weighted by molar-refractivity contribution is 5.72. The van der Waals surface area contributed by atoms with Crippen molar-refractivity contribution in [3.63, 3.8) is 0 Å². The molecule has 1 saturated heterocycles. The normalized spacial score (nSPS) is 21.3. The minimum atomic E-state index is 0.421. The maximum Gasteiger partial charge on any atom is 0.181 e. The average Bonchev–Trinajstić information content (AvgIpc) is 3.05. The molecule has 1 aromatic carbocycles. The predicted octanol–water partition coefficient (Wildman–Crippen LogP) is 2.57. The first kappa shape index (κ1) is 12.6. The van der Waals surface area contributed by atoms with Gasteiger partial charge in [0.1, 0.15) is 5.52 Å². The quantitative estimate of drug-likeness (QED) is 0.916. The smallest absolute Gasteiger partial charge is 0.181 e. The highest BCUT2D eigenvalue weighted by atomic mass is 16.3. The molecule has 0 spiro atoms. The van der Waals surface area contributed by atoms with Gasteiger partial charge in [0.25, 0.3) is 0 Å². The van der Waals surface area contributed by atoms with Crippen LogP contribution in [0.5, 0.6) is 0 Å². The van der Waals surface area contributed by atoms with Gasteiger partial charge in [-0.05, 0) is 57.6 Å². The minimum absolute atomic E-state index is 0.421. The standard InChI is InChI=1S/C15H21N3O/c1-18(2)14(9-12-4-3-7-16-12)11-5-6-13-15(8-11)19-10-17-13/h5-6,8,10,12,14,16H,3-4,7,9H2,1-2H3. The van der Waals surface area contributed by atoms with Gasteiger partial charge >= 0.3 is 0 Å². The Morgan fingerprint density at radius 2 is 2.37 bits per heavy atom. The lowest BCUT2D eigenvalue weighted by Crippen LogP contribution is -2.29. The monoisotopic (exact) mass is 259 g/mol. The van der Waals surface area contributed by atoms with E-state index in [1.54, 1.807) is 0 Å². The first-order valence-corrected chi connectivity index (χ1v) is 6.97. The molecule has 0 bridgehead atoms. The van der Waals surface area contributed by atoms with Gasteiger partial charge in [0.15, 0.2) is 12.0 Å². The number of aromatic nitrogens is 1. The third-order valence-electron chi connectivity index (χ3n) is 4.03. The number of nitrogens with zero attached hydrogens (tertiary/aromatic N) is 2. The van der Waals surface area contributed by atoms with E-state index in [1.165, 1.54) is 24.8 Å². The number of hydrogen-bond donors (Lipinski definition) is 1. The molecule has 0 saturated carbocycles. The lowest BCUT2D eigenvalue weighted by molar-refractivity contribution is 0.263. The van der Waals surface area contributed by atoms with Crippen molar-refractivity contribution in [1.82, 2.24) is 15.2 Å². The zero-order valence-electron chi connectivity index (χ0n) is 11.6. The fourth-order valence-electron chi connectivity index (χ4n) is 2.95. The highest BCUT2D eigenvalue weighted by Gasteiger charge is 2.22. The van der Waals surface area contributed by atoms with Gasteiger partial charge in [-0.1, -0.05) is 6.07 Å². The molecule has 1 aliphatic rings. The number of oxazole rings is 1. The van der Waals surface area contributed by atoms with Crippen molar-refractivity contribution in [2.24, 2.45) is 0 Å². The first-order chi connectivity index (χ1) is 9.24. The van der Waals surface area contributed by atoms with Crippen LogP contribution in [0.25, 0.3) is 11.1 Å². The number of hydrogen-bond acceptors (Lipinski definition) is 4. The summed E-state index contributed by atoms with van der Waals surface area (Å²) < 4.78 is 5.41. The van der Waals surface area contributed by atoms with Gasteiger partial charge in [0, 0.05) is 12.1 Å². The predicted molar refractivity (Wildman–Crippen MR) is 76.1 cm³/mol. The molecular formula is C15H21N3O. The van der Waals surface area contributed by atoms with Crippen LogP contribution in [0, 0.1) is 0 Å². The second-order valence-corrected chi connectivity index (χ2v) is 5.59. The van der Waals surface area contributed by atoms with E-state index in [0.717, 1.165) is 24.1 Å². The fourth-order valence-corrected chi connectivity index (χ4v) is 2.95. The Morgan fingerprint density at radius 3 is 3.11 bits per heavy atom. The molecule has 4 nitrogen and oxygen atoms in total. The molecule has 102 valence electrons. The Hall–Kier alpha value is -1.39. The second kappa shape index (κ2) is 5.31. The molecular weight excluding hydrogens is 238 g/mol. The summed E-state index contributed by atoms with van der Waals surface area (Å²) in [5.74, 6) is 0. The third-order valence-corrected chi connectivity index (χ3v) is 4.03. The van der Waals surface area contributed by atoms with Gasteiger partial charge in [0.05, 0.1) is 0 Å². The van der Waals surface area contributed by atoms with E-state index < -0.39 is 0 Å². The summed E-state index contributed by atoms with van der Waals surface area (Å²) in [7, 11) is 4.29. The van der Waals surface area contributed by atoms with E-state index >= 15 is 0 Å². The molecule has 1 aliphatic heterocycles. The van der Waals surface area contributed by atoms with Gasteiger partial charge in [0.2, 0.25) is 0 Å². The largest absolute Gasteiger partial charge is 0.443 e. The molecule has 1 aromatic heterocycles. The number of benzene rings is 1. The van der Waals surface area contributed by atoms with E-state index in [4.69, 9.17) is 4.42 Å². The summed E-state index contributed by atoms with van der Waals surface area (Å²) >= 11 is 0. The molecule has 4 heteroatoms. The minimum Gasteiger partial charge on any atom is -0.443 e. The van der Waals surface area contributed by atoms with Crippen molar-refractivity contribution in [3.05, 3.63) is 30.2 Å². The Labute approximate surface area is 113 Å². The molecule has 2 atom stereocenters. The third kappa shape index (κ3) is 2.65. The van der Waals surface area contributed by atoms with Gasteiger partial charge in [-0.25, -0.2) is 4.98 Å². The summed E-state index contributed by atoms with van der Waals surface area (Å²) in [6, 6.07) is 7.40. The fraction of sp³-hybridized carbons (Fsp3) is 0.533. The van der Waals surface area contributed by atoms with Crippen LogP contribution < -0.4 is 5.32 Å². The molecule has 2 unspecified atom stereocenters. The first-order valence-electron chi connectivity index (χ1n) is 6.97. The van der Waals surface area contributed by atoms with Crippen molar-refractivity contribution in [2.75, 3.05) is 20.6 Å². The van der Waals surface area contributed by atoms with E-state index in [9.17, 15) is 0 Å². The van der Waals surface area contributed by atoms with E-state index in [0.29, 0.717) is 12.1 Å². The summed E-state index contributed by atoms with van der Waals surface area (Å²) in [5.41, 5.74) is 3.12. The van der Waals surface area contributed by atoms with Gasteiger partial charge in [-0.2, -0.15) is 0 Å². The molecule has 0 amide bonds. The van der Waals surface area contributed by atoms with Crippen molar-refractivity contribution in [3.8, 4) is 0 Å². The van der Waals surface area contributed by atoms with Crippen LogP contribution in [0.4, 0.5) is 0 Å². The zero-order chi connectivity index (χ0) is 13.2. The topological polar surface area (TPSA) is 41.3 Å². The molecule has 19 heavy (non-hydrogen) atoms. The molecule has 0 aliphatic carbocycles. The Bertz CT molecular complexity index is 543. The molecule has 1 N–H and O–H groups in total. The summed E-state index contributed by atoms with van der Waals surface area (Å²) in [6.45, 7) is 1.16. The van der Waals surface area contributed by atoms with Crippen LogP contribution >= 0.6 is 0 Å². The Morgan fingerprint density at radius 1 is 1.47 bits per heavy atom. The SMILES string of the molecule is CN(C)C(CC1CCCN1)c1ccc2ncoc2c1. The van der Waals surface area contributed by atoms with Crippen LogP contribution in [0.15, 0.2) is 29.0 Å². The van der Waals surface area contributed by atoms with E-state index in [1.807, 2.05) is 6.07 Å². The summed E-state index contributed by atoms with van der Waals surface area (Å²) in [4.78, 5) is 6.46. The van der Waals surface area contributed by atoms with Crippen LogP contribution in [0.1, 0.15) is 30.9 Å². The number of nitrogens with one attached hydrogen (secondary N) is 1. The molecule has 2 heterocycles. The van der Waals surface area contributed by atoms with Crippen LogP contribution in [-0.2, 0) is 0 Å². The molecule has 2 aromatic rings. The van der Waals surface area contributed by atoms with Crippen molar-refractivity contribution in [1.29, 1.82) is 0 Å². The number of rotatable bonds is 4. The van der Waals surface area contributed by atoms with Crippen LogP contribution in [-0.4, -0.2) is 36.6 Å². The Kier molecular flexibility index (Phi) is 3.53. The second-order valence-electron chi connectivity index (χ2n) is 5.59. The van der Waals surface area contributed by atoms with E-state index in [2.05, 4.69) is 41.4 Å². The molecule has 1 fully saturated rings. The average molecular weight is 259 g/mol. The van der Waals surface area contributed by atoms with Gasteiger partial charge in [-0.15, -0.1) is 0 Å². The van der Waals surface area contributed by atoms with E-state index in [-0.39, 0.29) is 0 Å². The maximum atomic E-state index is 5.41. The van der Waals surface area contributed by atoms with Crippen molar-refractivity contribution < 1.29 is 4.42 Å². The highest BCUT2D eigenvalue weighted by Crippen LogP contribution is 2.28. The van der Waals surface area contributed by atoms with Crippen LogP contribution in [0.3, 0.4) is 0 Å². The van der Waals surface area contributed by atoms with Crippen molar-refractivity contribution >= 4 is 11.1 Å². The zero-order valence-corrected chi connectivity index (χ0v) is 11.6. The Balaban J connectivity index is 1.85. The summed E-state index contributed by atoms with van der Waals surface area (Å²) in [5, 5.41) is 3.58. The van der Waals surface area contributed by atoms with Gasteiger partial charge < -0.3 is 14.6 Å². The molecule has 0 radical (unpaired) electrons. The van der Waals surface area contributed by atoms with Crippen molar-refractivity contribution in [2.45, 2.75) is 31.3 Å². The lowest BCUT2D eigenvalue weighted by Gasteiger charge is -2.27. The molecule has 3 rings (SSSR count). The maximum absolute atomic E-state index is 5.41. The lowest BCUT2D eigenvalue weighted by atomic mass is 9.97. The van der Waals surface area contributed by atoms with Crippen LogP contribution in [0.2, 0.25) is 0 Å². The van der Waals surface area contributed by atoms with Gasteiger partial charge in [-0.3, -0.25) is 0 Å². The number of fused-ring (bicyclic) bond motifs is 1. The summed E-state index contributed by atoms with van der Waals surface area (Å²) in [6.07, 6.45) is 5.24.